The van der Waals surface area contributed by atoms with Crippen LogP contribution in [0.2, 0.25) is 0 Å². The largest absolute Gasteiger partial charge is 0.728 e. The van der Waals surface area contributed by atoms with Gasteiger partial charge in [-0.2, -0.15) is 0 Å². The molecule has 0 aromatic carbocycles. The number of hydrogen-bond acceptors (Lipinski definition) is 24. The zero-order chi connectivity index (χ0) is 93.2. The number of rotatable bonds is 88. The predicted molar refractivity (Wildman–Crippen MR) is 491 cm³/mol. The summed E-state index contributed by atoms with van der Waals surface area (Å²) in [6.45, 7) is 7.98. The minimum Gasteiger partial charge on any atom is -0.462 e. The van der Waals surface area contributed by atoms with E-state index in [4.69, 9.17) is 43.8 Å². The van der Waals surface area contributed by atoms with Crippen LogP contribution in [-0.4, -0.2) is 183 Å². The first-order valence-electron chi connectivity index (χ1n) is 51.2. The van der Waals surface area contributed by atoms with Crippen molar-refractivity contribution < 1.29 is 126 Å². The van der Waals surface area contributed by atoms with Crippen LogP contribution in [-0.2, 0) is 89.5 Å². The molecular weight excluding hydrogens is 1660 g/mol. The van der Waals surface area contributed by atoms with E-state index in [1.807, 2.05) is 0 Å². The smallest absolute Gasteiger partial charge is 0.462 e. The molecule has 2 aliphatic heterocycles. The summed E-state index contributed by atoms with van der Waals surface area (Å²) in [6, 6.07) is -3.57. The van der Waals surface area contributed by atoms with E-state index in [9.17, 15) is 63.8 Å². The van der Waals surface area contributed by atoms with Gasteiger partial charge >= 0.3 is 40.0 Å². The molecule has 2 heterocycles. The standard InChI is InChI=1S/C96H180N2O26P2/c1-7-13-19-25-31-37-38-44-50-56-62-68-86(105)118-80(66-60-54-48-42-35-29-23-17-11-5)74-88(107)122-94-90(98-84(103)73-79(65-59-53-47-41-34-28-22-16-10-4)117-85(104)67-61-55-49-43-36-30-24-18-12-6)96(119-81(75-99)92(94)123-125(110)124-109)115-76-82-91(108)93(121-87(106)72-78(101)64-58-52-46-40-33-27-21-15-9-3)89(95(120-82)114-69-70-116-126(111,112)113)97-83(102)71-77(100)63-57-51-45-39-32-26-20-14-8-2/h77-82,89-96,99-101,108H,7-76H2,1-6H3,(H4-,97,98,102,103,109,111,112,113)/p+1/t77-,78-,79-,80-,81?,82?,89?,90?,91+,92+,93-,94-,95-,96-/m1/s1/i70T/t70?,77-,78-,79-,80-,81?,82?,89?,90?,91+,92+,93-,94-,95-,96-. The highest BCUT2D eigenvalue weighted by Crippen LogP contribution is 2.38. The van der Waals surface area contributed by atoms with Gasteiger partial charge in [-0.1, -0.05) is 375 Å². The number of amides is 2. The highest BCUT2D eigenvalue weighted by molar-refractivity contribution is 7.46. The number of aliphatic hydroxyl groups is 4. The number of aliphatic hydroxyl groups excluding tert-OH is 4. The van der Waals surface area contributed by atoms with Crippen LogP contribution in [0.5, 0.6) is 0 Å². The summed E-state index contributed by atoms with van der Waals surface area (Å²) >= 11 is 0. The number of esters is 4. The van der Waals surface area contributed by atoms with Crippen molar-refractivity contribution in [2.45, 2.75) is 551 Å². The fourth-order valence-electron chi connectivity index (χ4n) is 16.7. The van der Waals surface area contributed by atoms with Crippen LogP contribution in [0, 0.1) is 0 Å². The van der Waals surface area contributed by atoms with Gasteiger partial charge in [-0.05, 0) is 51.4 Å². The van der Waals surface area contributed by atoms with E-state index >= 15 is 9.59 Å². The van der Waals surface area contributed by atoms with Crippen LogP contribution < -0.4 is 10.6 Å². The molecular formula is C96H181N2O26P2+. The van der Waals surface area contributed by atoms with E-state index in [0.717, 1.165) is 257 Å². The Kier molecular flexibility index (Phi) is 74.2. The summed E-state index contributed by atoms with van der Waals surface area (Å²) < 4.78 is 98.7. The monoisotopic (exact) mass is 1840 g/mol. The average molecular weight is 1840 g/mol. The SMILES string of the molecule is [3H]C(CO[C@@H]1OC(CO[C@@H]2OC(CO)[C@H](O[P+](=O)OO)[C@H](OC(=O)C[C@@H](CCCCCCCCCCC)OC(=O)CCCCCCCCCCCCC)C2NC(=O)C[C@@H](CCCCCCCCCCC)OC(=O)CCCCCCCCCCC)[C@H](O)[C@H](OC(=O)C[C@H](O)CCCCCCCCCCC)C1NC(=O)C[C@H](O)CCCCCCCCCCC)OP(=O)(O)O. The molecule has 0 radical (unpaired) electrons. The Balaban J connectivity index is 2.91. The number of phosphoric acid groups is 1. The van der Waals surface area contributed by atoms with Gasteiger partial charge in [-0.3, -0.25) is 33.3 Å². The molecule has 0 bridgehead atoms. The fourth-order valence-corrected chi connectivity index (χ4v) is 17.5. The number of ether oxygens (including phenoxy) is 8. The van der Waals surface area contributed by atoms with Crippen molar-refractivity contribution >= 4 is 51.8 Å². The molecule has 2 aliphatic rings. The summed E-state index contributed by atoms with van der Waals surface area (Å²) in [7, 11) is -8.89. The minimum absolute atomic E-state index is 0.0943. The molecule has 0 aromatic heterocycles. The molecule has 0 spiro atoms. The lowest BCUT2D eigenvalue weighted by molar-refractivity contribution is -0.305. The van der Waals surface area contributed by atoms with E-state index in [1.54, 1.807) is 0 Å². The molecule has 2 saturated heterocycles. The maximum absolute atomic E-state index is 15.3. The van der Waals surface area contributed by atoms with Gasteiger partial charge in [-0.25, -0.2) is 9.82 Å². The molecule has 740 valence electrons. The number of unbranched alkanes of at least 4 members (excludes halogenated alkanes) is 50. The van der Waals surface area contributed by atoms with Gasteiger partial charge in [0.1, 0.15) is 42.6 Å². The van der Waals surface area contributed by atoms with Crippen LogP contribution >= 0.6 is 16.1 Å². The maximum atomic E-state index is 15.3. The maximum Gasteiger partial charge on any atom is 0.728 e. The van der Waals surface area contributed by atoms with Crippen molar-refractivity contribution in [2.75, 3.05) is 26.4 Å². The molecule has 2 amide bonds. The Morgan fingerprint density at radius 2 is 0.722 bits per heavy atom. The van der Waals surface area contributed by atoms with Crippen LogP contribution in [0.25, 0.3) is 0 Å². The van der Waals surface area contributed by atoms with Gasteiger partial charge < -0.3 is 78.7 Å². The highest BCUT2D eigenvalue weighted by Gasteiger charge is 2.56. The van der Waals surface area contributed by atoms with Gasteiger partial charge in [0.05, 0.1) is 70.3 Å². The summed E-state index contributed by atoms with van der Waals surface area (Å²) in [6.07, 6.45) is 36.0. The first-order valence-corrected chi connectivity index (χ1v) is 53.3. The Morgan fingerprint density at radius 1 is 0.405 bits per heavy atom. The van der Waals surface area contributed by atoms with Crippen molar-refractivity contribution in [1.82, 2.24) is 10.6 Å². The molecule has 2 rings (SSSR count). The quantitative estimate of drug-likeness (QED) is 0.00682. The van der Waals surface area contributed by atoms with E-state index in [1.165, 1.54) is 64.2 Å². The van der Waals surface area contributed by atoms with Gasteiger partial charge in [0.2, 0.25) is 11.8 Å². The van der Waals surface area contributed by atoms with E-state index in [2.05, 4.69) is 61.4 Å². The summed E-state index contributed by atoms with van der Waals surface area (Å²) in [5.74, 6) is -4.75. The zero-order valence-electron chi connectivity index (χ0n) is 80.2. The third-order valence-electron chi connectivity index (χ3n) is 24.2. The molecule has 126 heavy (non-hydrogen) atoms. The van der Waals surface area contributed by atoms with Crippen molar-refractivity contribution in [1.29, 1.82) is 0 Å². The minimum atomic E-state index is -5.35. The van der Waals surface area contributed by atoms with Crippen molar-refractivity contribution in [3.05, 3.63) is 0 Å². The molecule has 16 atom stereocenters. The average Bonchev–Trinajstić information content (AvgIpc) is 0.781. The molecule has 0 aliphatic carbocycles. The van der Waals surface area contributed by atoms with Crippen molar-refractivity contribution in [2.24, 2.45) is 0 Å². The van der Waals surface area contributed by atoms with Gasteiger partial charge in [-0.15, -0.1) is 4.52 Å². The Bertz CT molecular complexity index is 2770. The normalized spacial score (nSPS) is 20.5. The summed E-state index contributed by atoms with van der Waals surface area (Å²) in [5, 5.41) is 62.1. The topological polar surface area (TPSA) is 404 Å². The van der Waals surface area contributed by atoms with Crippen molar-refractivity contribution in [3.8, 4) is 0 Å². The second-order valence-electron chi connectivity index (χ2n) is 35.8. The number of phosphoric ester groups is 1. The van der Waals surface area contributed by atoms with E-state index < -0.39 is 190 Å². The lowest BCUT2D eigenvalue weighted by atomic mass is 9.95. The first kappa shape index (κ1) is 117. The molecule has 0 saturated carbocycles. The number of carbonyl (C=O) groups is 6. The molecule has 9 N–H and O–H groups in total. The Hall–Kier alpha value is -3.41. The van der Waals surface area contributed by atoms with Crippen LogP contribution in [0.1, 0.15) is 467 Å². The number of nitrogens with one attached hydrogen (secondary N) is 2. The summed E-state index contributed by atoms with van der Waals surface area (Å²) in [5.41, 5.74) is 0. The summed E-state index contributed by atoms with van der Waals surface area (Å²) in [4.78, 5) is 106. The lowest BCUT2D eigenvalue weighted by Crippen LogP contribution is -2.68. The lowest BCUT2D eigenvalue weighted by Gasteiger charge is -2.46. The molecule has 2 fully saturated rings. The fraction of sp³-hybridized carbons (Fsp3) is 0.938. The second-order valence-corrected chi connectivity index (χ2v) is 37.9. The van der Waals surface area contributed by atoms with Crippen molar-refractivity contribution in [3.63, 3.8) is 0 Å². The molecule has 0 aromatic rings. The van der Waals surface area contributed by atoms with Crippen LogP contribution in [0.15, 0.2) is 0 Å². The third-order valence-corrected chi connectivity index (χ3v) is 25.1. The highest BCUT2D eigenvalue weighted by atomic mass is 31.2. The van der Waals surface area contributed by atoms with E-state index in [-0.39, 0.29) is 38.5 Å². The van der Waals surface area contributed by atoms with Crippen LogP contribution in [0.4, 0.5) is 0 Å². The van der Waals surface area contributed by atoms with Gasteiger partial charge in [0.25, 0.3) is 0 Å². The van der Waals surface area contributed by atoms with Gasteiger partial charge in [0, 0.05) is 17.4 Å². The molecule has 30 heteroatoms. The molecule has 28 nitrogen and oxygen atoms in total. The zero-order valence-corrected chi connectivity index (χ0v) is 81.0. The number of hydrogen-bond donors (Lipinski definition) is 9. The first-order chi connectivity index (χ1) is 61.4. The Morgan fingerprint density at radius 3 is 1.10 bits per heavy atom. The number of carbonyl (C=O) groups excluding carboxylic acids is 6. The van der Waals surface area contributed by atoms with E-state index in [0.29, 0.717) is 38.5 Å². The Labute approximate surface area is 762 Å². The predicted octanol–water partition coefficient (Wildman–Crippen LogP) is 21.7. The van der Waals surface area contributed by atoms with Gasteiger partial charge in [0.15, 0.2) is 30.9 Å². The molecule has 6 unspecified atom stereocenters. The van der Waals surface area contributed by atoms with Crippen LogP contribution in [0.3, 0.4) is 0 Å². The second kappa shape index (κ2) is 80.1. The third kappa shape index (κ3) is 62.9.